The van der Waals surface area contributed by atoms with Gasteiger partial charge in [0, 0.05) is 16.7 Å². The Bertz CT molecular complexity index is 451. The predicted molar refractivity (Wildman–Crippen MR) is 78.9 cm³/mol. The second-order valence-corrected chi connectivity index (χ2v) is 4.97. The number of amides is 2. The van der Waals surface area contributed by atoms with E-state index in [1.54, 1.807) is 13.0 Å². The maximum atomic E-state index is 11.7. The minimum absolute atomic E-state index is 0.0881. The van der Waals surface area contributed by atoms with Gasteiger partial charge in [-0.1, -0.05) is 22.0 Å². The van der Waals surface area contributed by atoms with Gasteiger partial charge in [0.15, 0.2) is 0 Å². The number of likely N-dealkylation sites (N-methyl/N-ethyl adjacent to an activating group) is 1. The first-order valence-electron chi connectivity index (χ1n) is 6.09. The highest BCUT2D eigenvalue weighted by molar-refractivity contribution is 9.10. The highest BCUT2D eigenvalue weighted by Gasteiger charge is 2.12. The van der Waals surface area contributed by atoms with Crippen LogP contribution in [0.1, 0.15) is 13.8 Å². The summed E-state index contributed by atoms with van der Waals surface area (Å²) in [6.45, 7) is 4.24. The molecule has 1 aromatic rings. The first-order chi connectivity index (χ1) is 9.02. The molecule has 0 saturated heterocycles. The monoisotopic (exact) mass is 327 g/mol. The van der Waals surface area contributed by atoms with Crippen molar-refractivity contribution in [3.05, 3.63) is 28.7 Å². The molecule has 0 aliphatic rings. The Balaban J connectivity index is 2.38. The van der Waals surface area contributed by atoms with Gasteiger partial charge in [-0.25, -0.2) is 0 Å². The molecule has 0 aliphatic carbocycles. The molecule has 19 heavy (non-hydrogen) atoms. The van der Waals surface area contributed by atoms with Crippen LogP contribution in [0.15, 0.2) is 28.7 Å². The Hall–Kier alpha value is -1.40. The number of rotatable bonds is 6. The SMILES string of the molecule is CCNC(=O)C(C)NCC(=O)Nc1cccc(Br)c1. The molecule has 0 heterocycles. The maximum Gasteiger partial charge on any atom is 0.238 e. The summed E-state index contributed by atoms with van der Waals surface area (Å²) in [5, 5.41) is 8.30. The molecule has 0 bridgehead atoms. The molecule has 1 atom stereocenters. The number of hydrogen-bond donors (Lipinski definition) is 3. The lowest BCUT2D eigenvalue weighted by Crippen LogP contribution is -2.44. The Labute approximate surface area is 121 Å². The number of carbonyl (C=O) groups is 2. The number of halogens is 1. The van der Waals surface area contributed by atoms with Gasteiger partial charge in [-0.15, -0.1) is 0 Å². The smallest absolute Gasteiger partial charge is 0.238 e. The average Bonchev–Trinajstić information content (AvgIpc) is 2.36. The molecular weight excluding hydrogens is 310 g/mol. The fourth-order valence-corrected chi connectivity index (χ4v) is 1.84. The first kappa shape index (κ1) is 15.7. The molecule has 0 aromatic heterocycles. The zero-order valence-corrected chi connectivity index (χ0v) is 12.6. The molecule has 1 rings (SSSR count). The lowest BCUT2D eigenvalue weighted by Gasteiger charge is -2.13. The second-order valence-electron chi connectivity index (χ2n) is 4.06. The Kier molecular flexibility index (Phi) is 6.52. The van der Waals surface area contributed by atoms with Crippen LogP contribution in [-0.4, -0.2) is 30.9 Å². The van der Waals surface area contributed by atoms with Gasteiger partial charge in [0.1, 0.15) is 0 Å². The lowest BCUT2D eigenvalue weighted by molar-refractivity contribution is -0.122. The molecule has 0 saturated carbocycles. The normalized spacial score (nSPS) is 11.7. The van der Waals surface area contributed by atoms with Crippen molar-refractivity contribution in [3.8, 4) is 0 Å². The predicted octanol–water partition coefficient (Wildman–Crippen LogP) is 1.50. The van der Waals surface area contributed by atoms with E-state index in [1.165, 1.54) is 0 Å². The molecule has 1 unspecified atom stereocenters. The first-order valence-corrected chi connectivity index (χ1v) is 6.88. The molecule has 5 nitrogen and oxygen atoms in total. The van der Waals surface area contributed by atoms with Gasteiger partial charge in [-0.05, 0) is 32.0 Å². The van der Waals surface area contributed by atoms with Crippen molar-refractivity contribution in [1.29, 1.82) is 0 Å². The summed E-state index contributed by atoms with van der Waals surface area (Å²) >= 11 is 3.33. The van der Waals surface area contributed by atoms with Crippen molar-refractivity contribution in [2.75, 3.05) is 18.4 Å². The van der Waals surface area contributed by atoms with E-state index in [4.69, 9.17) is 0 Å². The van der Waals surface area contributed by atoms with E-state index >= 15 is 0 Å². The van der Waals surface area contributed by atoms with Crippen LogP contribution in [-0.2, 0) is 9.59 Å². The summed E-state index contributed by atoms with van der Waals surface area (Å²) in [4.78, 5) is 23.1. The molecular formula is C13H18BrN3O2. The Morgan fingerprint density at radius 3 is 2.74 bits per heavy atom. The Morgan fingerprint density at radius 2 is 2.11 bits per heavy atom. The maximum absolute atomic E-state index is 11.7. The highest BCUT2D eigenvalue weighted by atomic mass is 79.9. The third-order valence-electron chi connectivity index (χ3n) is 2.42. The van der Waals surface area contributed by atoms with Crippen LogP contribution in [0.3, 0.4) is 0 Å². The number of carbonyl (C=O) groups excluding carboxylic acids is 2. The van der Waals surface area contributed by atoms with Crippen molar-refractivity contribution in [3.63, 3.8) is 0 Å². The van der Waals surface area contributed by atoms with Gasteiger partial charge in [0.05, 0.1) is 12.6 Å². The van der Waals surface area contributed by atoms with Crippen LogP contribution in [0.2, 0.25) is 0 Å². The van der Waals surface area contributed by atoms with Crippen molar-refractivity contribution in [1.82, 2.24) is 10.6 Å². The zero-order chi connectivity index (χ0) is 14.3. The number of nitrogens with one attached hydrogen (secondary N) is 3. The molecule has 0 aliphatic heterocycles. The highest BCUT2D eigenvalue weighted by Crippen LogP contribution is 2.15. The lowest BCUT2D eigenvalue weighted by atomic mass is 10.3. The minimum atomic E-state index is -0.395. The van der Waals surface area contributed by atoms with Gasteiger partial charge < -0.3 is 10.6 Å². The number of hydrogen-bond acceptors (Lipinski definition) is 3. The summed E-state index contributed by atoms with van der Waals surface area (Å²) in [6, 6.07) is 6.93. The molecule has 1 aromatic carbocycles. The van der Waals surface area contributed by atoms with E-state index in [-0.39, 0.29) is 18.4 Å². The van der Waals surface area contributed by atoms with Crippen molar-refractivity contribution in [2.45, 2.75) is 19.9 Å². The van der Waals surface area contributed by atoms with E-state index in [1.807, 2.05) is 25.1 Å². The molecule has 0 radical (unpaired) electrons. The van der Waals surface area contributed by atoms with Crippen LogP contribution < -0.4 is 16.0 Å². The number of anilines is 1. The van der Waals surface area contributed by atoms with E-state index in [2.05, 4.69) is 31.9 Å². The summed E-state index contributed by atoms with van der Waals surface area (Å²) < 4.78 is 0.897. The van der Waals surface area contributed by atoms with Gasteiger partial charge in [0.25, 0.3) is 0 Å². The Morgan fingerprint density at radius 1 is 1.37 bits per heavy atom. The van der Waals surface area contributed by atoms with E-state index in [9.17, 15) is 9.59 Å². The van der Waals surface area contributed by atoms with Crippen LogP contribution in [0.5, 0.6) is 0 Å². The van der Waals surface area contributed by atoms with Crippen molar-refractivity contribution in [2.24, 2.45) is 0 Å². The number of benzene rings is 1. The molecule has 0 spiro atoms. The van der Waals surface area contributed by atoms with Gasteiger partial charge in [-0.3, -0.25) is 14.9 Å². The third-order valence-corrected chi connectivity index (χ3v) is 2.91. The summed E-state index contributed by atoms with van der Waals surface area (Å²) in [6.07, 6.45) is 0. The van der Waals surface area contributed by atoms with E-state index in [0.29, 0.717) is 12.2 Å². The van der Waals surface area contributed by atoms with Crippen LogP contribution in [0.25, 0.3) is 0 Å². The molecule has 0 fully saturated rings. The molecule has 104 valence electrons. The van der Waals surface area contributed by atoms with E-state index in [0.717, 1.165) is 4.47 Å². The second kappa shape index (κ2) is 7.91. The minimum Gasteiger partial charge on any atom is -0.355 e. The summed E-state index contributed by atoms with van der Waals surface area (Å²) in [5.41, 5.74) is 0.715. The van der Waals surface area contributed by atoms with Crippen molar-refractivity contribution >= 4 is 33.4 Å². The molecule has 6 heteroatoms. The van der Waals surface area contributed by atoms with Gasteiger partial charge >= 0.3 is 0 Å². The van der Waals surface area contributed by atoms with Gasteiger partial charge in [-0.2, -0.15) is 0 Å². The largest absolute Gasteiger partial charge is 0.355 e. The fraction of sp³-hybridized carbons (Fsp3) is 0.385. The third kappa shape index (κ3) is 5.85. The topological polar surface area (TPSA) is 70.2 Å². The average molecular weight is 328 g/mol. The van der Waals surface area contributed by atoms with Crippen LogP contribution in [0.4, 0.5) is 5.69 Å². The zero-order valence-electron chi connectivity index (χ0n) is 11.0. The molecule has 2 amide bonds. The molecule has 3 N–H and O–H groups in total. The quantitative estimate of drug-likeness (QED) is 0.741. The summed E-state index contributed by atoms with van der Waals surface area (Å²) in [5.74, 6) is -0.299. The van der Waals surface area contributed by atoms with Crippen LogP contribution in [0, 0.1) is 0 Å². The van der Waals surface area contributed by atoms with Gasteiger partial charge in [0.2, 0.25) is 11.8 Å². The van der Waals surface area contributed by atoms with Crippen LogP contribution >= 0.6 is 15.9 Å². The summed E-state index contributed by atoms with van der Waals surface area (Å²) in [7, 11) is 0. The van der Waals surface area contributed by atoms with Crippen molar-refractivity contribution < 1.29 is 9.59 Å². The van der Waals surface area contributed by atoms with E-state index < -0.39 is 6.04 Å². The standard InChI is InChI=1S/C13H18BrN3O2/c1-3-15-13(19)9(2)16-8-12(18)17-11-6-4-5-10(14)7-11/h4-7,9,16H,3,8H2,1-2H3,(H,15,19)(H,17,18). The fourth-order valence-electron chi connectivity index (χ4n) is 1.44.